The molecule has 5 rings (SSSR count). The van der Waals surface area contributed by atoms with Crippen LogP contribution in [0.25, 0.3) is 0 Å². The van der Waals surface area contributed by atoms with E-state index in [0.717, 1.165) is 12.0 Å². The quantitative estimate of drug-likeness (QED) is 0.483. The summed E-state index contributed by atoms with van der Waals surface area (Å²) in [4.78, 5) is 1.71. The molecule has 2 fully saturated rings. The summed E-state index contributed by atoms with van der Waals surface area (Å²) in [5.41, 5.74) is 0.924. The van der Waals surface area contributed by atoms with Gasteiger partial charge in [0.25, 0.3) is 0 Å². The second kappa shape index (κ2) is 9.31. The molecule has 186 valence electrons. The van der Waals surface area contributed by atoms with Crippen molar-refractivity contribution in [1.29, 1.82) is 0 Å². The van der Waals surface area contributed by atoms with Crippen LogP contribution in [0.5, 0.6) is 0 Å². The molecule has 1 aliphatic carbocycles. The van der Waals surface area contributed by atoms with Gasteiger partial charge in [0, 0.05) is 37.8 Å². The van der Waals surface area contributed by atoms with Crippen LogP contribution >= 0.6 is 0 Å². The van der Waals surface area contributed by atoms with Gasteiger partial charge in [-0.25, -0.2) is 17.2 Å². The fourth-order valence-corrected chi connectivity index (χ4v) is 7.33. The summed E-state index contributed by atoms with van der Waals surface area (Å²) in [5.74, 6) is -1.65. The number of aromatic nitrogens is 3. The molecule has 1 aliphatic heterocycles. The number of rotatable bonds is 7. The SMILES string of the molecule is CC1CCC(c2ccccc2)S(=O)(=O)N1Cc1ccc(N(C)CC2CC2n2cnnc2)c(F)c1F. The van der Waals surface area contributed by atoms with Crippen LogP contribution in [0.4, 0.5) is 14.5 Å². The van der Waals surface area contributed by atoms with Crippen molar-refractivity contribution in [2.45, 2.75) is 50.1 Å². The van der Waals surface area contributed by atoms with Crippen molar-refractivity contribution in [1.82, 2.24) is 19.1 Å². The monoisotopic (exact) mass is 501 g/mol. The number of nitrogens with zero attached hydrogens (tertiary/aromatic N) is 5. The van der Waals surface area contributed by atoms with Gasteiger partial charge in [-0.3, -0.25) is 0 Å². The number of hydrogen-bond acceptors (Lipinski definition) is 5. The normalized spacial score (nSPS) is 25.9. The smallest absolute Gasteiger partial charge is 0.221 e. The van der Waals surface area contributed by atoms with Gasteiger partial charge in [0.2, 0.25) is 10.0 Å². The zero-order valence-electron chi connectivity index (χ0n) is 19.8. The molecule has 3 aromatic rings. The highest BCUT2D eigenvalue weighted by Gasteiger charge is 2.41. The molecule has 4 unspecified atom stereocenters. The Morgan fingerprint density at radius 2 is 1.74 bits per heavy atom. The van der Waals surface area contributed by atoms with Crippen LogP contribution in [0.2, 0.25) is 0 Å². The van der Waals surface area contributed by atoms with Gasteiger partial charge in [0.15, 0.2) is 11.6 Å². The lowest BCUT2D eigenvalue weighted by Crippen LogP contribution is -2.44. The van der Waals surface area contributed by atoms with E-state index in [2.05, 4.69) is 10.2 Å². The maximum atomic E-state index is 15.2. The molecule has 4 atom stereocenters. The predicted molar refractivity (Wildman–Crippen MR) is 129 cm³/mol. The molecule has 0 N–H and O–H groups in total. The number of halogens is 2. The third-order valence-corrected chi connectivity index (χ3v) is 9.66. The fourth-order valence-electron chi connectivity index (χ4n) is 5.14. The van der Waals surface area contributed by atoms with Crippen LogP contribution in [-0.4, -0.2) is 47.1 Å². The highest BCUT2D eigenvalue weighted by molar-refractivity contribution is 7.89. The Labute approximate surface area is 204 Å². The maximum absolute atomic E-state index is 15.2. The highest BCUT2D eigenvalue weighted by Crippen LogP contribution is 2.44. The van der Waals surface area contributed by atoms with Gasteiger partial charge >= 0.3 is 0 Å². The Morgan fingerprint density at radius 3 is 2.46 bits per heavy atom. The molecule has 2 aromatic carbocycles. The average Bonchev–Trinajstić information content (AvgIpc) is 3.37. The second-order valence-corrected chi connectivity index (χ2v) is 11.7. The minimum atomic E-state index is -3.73. The number of hydrogen-bond donors (Lipinski definition) is 0. The summed E-state index contributed by atoms with van der Waals surface area (Å²) in [6, 6.07) is 12.1. The molecular weight excluding hydrogens is 472 g/mol. The Hall–Kier alpha value is -2.85. The Kier molecular flexibility index (Phi) is 6.35. The summed E-state index contributed by atoms with van der Waals surface area (Å²) in [6.45, 7) is 2.18. The van der Waals surface area contributed by atoms with Crippen molar-refractivity contribution < 1.29 is 17.2 Å². The van der Waals surface area contributed by atoms with E-state index >= 15 is 8.78 Å². The second-order valence-electron chi connectivity index (χ2n) is 9.64. The van der Waals surface area contributed by atoms with Crippen molar-refractivity contribution in [3.05, 3.63) is 77.9 Å². The van der Waals surface area contributed by atoms with Gasteiger partial charge in [0.1, 0.15) is 17.9 Å². The maximum Gasteiger partial charge on any atom is 0.221 e. The van der Waals surface area contributed by atoms with Crippen molar-refractivity contribution in [2.75, 3.05) is 18.5 Å². The van der Waals surface area contributed by atoms with Crippen LogP contribution in [0.1, 0.15) is 48.6 Å². The third-order valence-electron chi connectivity index (χ3n) is 7.29. The molecule has 7 nitrogen and oxygen atoms in total. The van der Waals surface area contributed by atoms with Gasteiger partial charge in [-0.2, -0.15) is 4.31 Å². The number of sulfonamides is 1. The first-order valence-electron chi connectivity index (χ1n) is 11.8. The van der Waals surface area contributed by atoms with Crippen LogP contribution < -0.4 is 4.90 Å². The molecule has 1 aromatic heterocycles. The van der Waals surface area contributed by atoms with Crippen LogP contribution in [0.3, 0.4) is 0 Å². The van der Waals surface area contributed by atoms with Gasteiger partial charge in [-0.15, -0.1) is 10.2 Å². The summed E-state index contributed by atoms with van der Waals surface area (Å²) < 4.78 is 60.5. The Bertz CT molecular complexity index is 1290. The summed E-state index contributed by atoms with van der Waals surface area (Å²) >= 11 is 0. The molecule has 2 aliphatic rings. The van der Waals surface area contributed by atoms with Crippen LogP contribution in [0, 0.1) is 17.6 Å². The standard InChI is InChI=1S/C25H29F2N5O2S/c1-17-8-11-23(18-6-4-3-5-7-18)35(33,34)32(17)14-19-9-10-21(25(27)24(19)26)30(2)13-20-12-22(20)31-15-28-29-16-31/h3-7,9-10,15-17,20,22-23H,8,11-14H2,1-2H3. The molecule has 0 bridgehead atoms. The lowest BCUT2D eigenvalue weighted by Gasteiger charge is -2.37. The lowest BCUT2D eigenvalue weighted by atomic mass is 10.0. The van der Waals surface area contributed by atoms with Crippen LogP contribution in [0.15, 0.2) is 55.1 Å². The van der Waals surface area contributed by atoms with Crippen molar-refractivity contribution >= 4 is 15.7 Å². The molecule has 10 heteroatoms. The molecule has 35 heavy (non-hydrogen) atoms. The molecule has 0 radical (unpaired) electrons. The van der Waals surface area contributed by atoms with E-state index in [1.54, 1.807) is 42.8 Å². The Morgan fingerprint density at radius 1 is 1.03 bits per heavy atom. The minimum absolute atomic E-state index is 0.0394. The zero-order chi connectivity index (χ0) is 24.7. The van der Waals surface area contributed by atoms with Gasteiger partial charge < -0.3 is 9.47 Å². The molecule has 1 saturated heterocycles. The van der Waals surface area contributed by atoms with Crippen molar-refractivity contribution in [3.8, 4) is 0 Å². The first kappa shape index (κ1) is 23.9. The number of benzene rings is 2. The first-order valence-corrected chi connectivity index (χ1v) is 13.4. The topological polar surface area (TPSA) is 71.3 Å². The fraction of sp³-hybridized carbons (Fsp3) is 0.440. The first-order chi connectivity index (χ1) is 16.8. The van der Waals surface area contributed by atoms with Gasteiger partial charge in [-0.1, -0.05) is 36.4 Å². The largest absolute Gasteiger partial charge is 0.372 e. The summed E-state index contributed by atoms with van der Waals surface area (Å²) in [7, 11) is -2.00. The molecule has 1 saturated carbocycles. The third kappa shape index (κ3) is 4.56. The molecular formula is C25H29F2N5O2S. The predicted octanol–water partition coefficient (Wildman–Crippen LogP) is 4.31. The molecule has 0 spiro atoms. The molecule has 2 heterocycles. The highest BCUT2D eigenvalue weighted by atomic mass is 32.2. The van der Waals surface area contributed by atoms with E-state index in [9.17, 15) is 8.42 Å². The van der Waals surface area contributed by atoms with Crippen molar-refractivity contribution in [2.24, 2.45) is 5.92 Å². The van der Waals surface area contributed by atoms with E-state index in [4.69, 9.17) is 0 Å². The van der Waals surface area contributed by atoms with E-state index in [-0.39, 0.29) is 29.9 Å². The van der Waals surface area contributed by atoms with E-state index in [0.29, 0.717) is 25.3 Å². The Balaban J connectivity index is 1.33. The van der Waals surface area contributed by atoms with Crippen molar-refractivity contribution in [3.63, 3.8) is 0 Å². The average molecular weight is 502 g/mol. The van der Waals surface area contributed by atoms with Crippen LogP contribution in [-0.2, 0) is 16.6 Å². The van der Waals surface area contributed by atoms with E-state index in [1.807, 2.05) is 29.7 Å². The van der Waals surface area contributed by atoms with E-state index < -0.39 is 26.9 Å². The lowest BCUT2D eigenvalue weighted by molar-refractivity contribution is 0.278. The minimum Gasteiger partial charge on any atom is -0.372 e. The van der Waals surface area contributed by atoms with Gasteiger partial charge in [0.05, 0.1) is 5.69 Å². The number of anilines is 1. The summed E-state index contributed by atoms with van der Waals surface area (Å²) in [5, 5.41) is 6.95. The molecule has 0 amide bonds. The van der Waals surface area contributed by atoms with E-state index in [1.165, 1.54) is 10.4 Å². The zero-order valence-corrected chi connectivity index (χ0v) is 20.6. The van der Waals surface area contributed by atoms with Gasteiger partial charge in [-0.05, 0) is 43.7 Å². The summed E-state index contributed by atoms with van der Waals surface area (Å²) in [6.07, 6.45) is 5.41.